The zero-order valence-corrected chi connectivity index (χ0v) is 8.67. The fourth-order valence-electron chi connectivity index (χ4n) is 1.23. The highest BCUT2D eigenvalue weighted by Crippen LogP contribution is 2.22. The number of anilines is 1. The molecule has 2 aromatic heterocycles. The minimum Gasteiger partial charge on any atom is -0.384 e. The first kappa shape index (κ1) is 8.44. The first-order valence-corrected chi connectivity index (χ1v) is 4.64. The van der Waals surface area contributed by atoms with Crippen LogP contribution in [0.2, 0.25) is 0 Å². The van der Waals surface area contributed by atoms with E-state index in [1.807, 2.05) is 25.3 Å². The predicted octanol–water partition coefficient (Wildman–Crippen LogP) is 2.28. The van der Waals surface area contributed by atoms with Gasteiger partial charge in [0.15, 0.2) is 0 Å². The molecule has 0 unspecified atom stereocenters. The number of rotatable bonds is 0. The van der Waals surface area contributed by atoms with Crippen molar-refractivity contribution in [2.45, 2.75) is 6.92 Å². The van der Waals surface area contributed by atoms with E-state index in [2.05, 4.69) is 25.9 Å². The van der Waals surface area contributed by atoms with Gasteiger partial charge < -0.3 is 5.73 Å². The molecule has 0 atom stereocenters. The van der Waals surface area contributed by atoms with Crippen LogP contribution < -0.4 is 5.73 Å². The van der Waals surface area contributed by atoms with E-state index in [1.54, 1.807) is 0 Å². The maximum atomic E-state index is 5.61. The highest BCUT2D eigenvalue weighted by molar-refractivity contribution is 9.10. The molecule has 2 N–H and O–H groups in total. The van der Waals surface area contributed by atoms with Crippen molar-refractivity contribution in [3.63, 3.8) is 0 Å². The quantitative estimate of drug-likeness (QED) is 0.716. The first-order valence-electron chi connectivity index (χ1n) is 3.85. The van der Waals surface area contributed by atoms with E-state index in [0.29, 0.717) is 10.4 Å². The van der Waals surface area contributed by atoms with Crippen molar-refractivity contribution in [3.8, 4) is 0 Å². The van der Waals surface area contributed by atoms with E-state index >= 15 is 0 Å². The number of fused-ring (bicyclic) bond motifs is 1. The van der Waals surface area contributed by atoms with Gasteiger partial charge in [-0.2, -0.15) is 0 Å². The van der Waals surface area contributed by atoms with Gasteiger partial charge >= 0.3 is 0 Å². The molecule has 2 aromatic rings. The summed E-state index contributed by atoms with van der Waals surface area (Å²) in [6.07, 6.45) is 1.81. The number of hydrogen-bond acceptors (Lipinski definition) is 3. The van der Waals surface area contributed by atoms with Crippen LogP contribution >= 0.6 is 15.9 Å². The summed E-state index contributed by atoms with van der Waals surface area (Å²) >= 11 is 3.32. The zero-order valence-electron chi connectivity index (χ0n) is 7.08. The number of pyridine rings is 2. The summed E-state index contributed by atoms with van der Waals surface area (Å²) in [5.41, 5.74) is 7.57. The van der Waals surface area contributed by atoms with Gasteiger partial charge in [0.25, 0.3) is 0 Å². The number of nitrogen functional groups attached to an aromatic ring is 1. The maximum absolute atomic E-state index is 5.61. The lowest BCUT2D eigenvalue weighted by molar-refractivity contribution is 1.26. The molecule has 66 valence electrons. The Balaban J connectivity index is 2.86. The van der Waals surface area contributed by atoms with Crippen LogP contribution in [0, 0.1) is 6.92 Å². The molecule has 3 nitrogen and oxygen atoms in total. The molecule has 0 fully saturated rings. The van der Waals surface area contributed by atoms with Crippen LogP contribution in [0.3, 0.4) is 0 Å². The van der Waals surface area contributed by atoms with Crippen molar-refractivity contribution in [2.24, 2.45) is 0 Å². The smallest absolute Gasteiger partial charge is 0.134 e. The molecular weight excluding hydrogens is 230 g/mol. The Kier molecular flexibility index (Phi) is 1.92. The molecule has 2 heterocycles. The Morgan fingerprint density at radius 1 is 1.38 bits per heavy atom. The van der Waals surface area contributed by atoms with Crippen LogP contribution in [0.5, 0.6) is 0 Å². The molecule has 0 aromatic carbocycles. The molecule has 0 radical (unpaired) electrons. The Hall–Kier alpha value is -1.16. The van der Waals surface area contributed by atoms with Gasteiger partial charge in [-0.1, -0.05) is 0 Å². The van der Waals surface area contributed by atoms with Gasteiger partial charge in [0.1, 0.15) is 15.9 Å². The number of hydrogen-bond donors (Lipinski definition) is 1. The van der Waals surface area contributed by atoms with Crippen molar-refractivity contribution in [1.29, 1.82) is 0 Å². The summed E-state index contributed by atoms with van der Waals surface area (Å²) in [5, 5.41) is 1.01. The predicted molar refractivity (Wildman–Crippen MR) is 56.4 cm³/mol. The van der Waals surface area contributed by atoms with E-state index in [9.17, 15) is 0 Å². The van der Waals surface area contributed by atoms with Gasteiger partial charge in [0.2, 0.25) is 0 Å². The molecule has 0 aliphatic rings. The normalized spacial score (nSPS) is 10.6. The third kappa shape index (κ3) is 1.49. The van der Waals surface area contributed by atoms with Crippen molar-refractivity contribution < 1.29 is 0 Å². The average molecular weight is 238 g/mol. The Morgan fingerprint density at radius 2 is 2.15 bits per heavy atom. The highest BCUT2D eigenvalue weighted by Gasteiger charge is 2.02. The lowest BCUT2D eigenvalue weighted by Gasteiger charge is -2.01. The molecule has 0 saturated carbocycles. The number of halogens is 1. The zero-order chi connectivity index (χ0) is 9.42. The largest absolute Gasteiger partial charge is 0.384 e. The second kappa shape index (κ2) is 2.96. The van der Waals surface area contributed by atoms with Crippen molar-refractivity contribution >= 4 is 32.7 Å². The summed E-state index contributed by atoms with van der Waals surface area (Å²) in [4.78, 5) is 8.32. The number of nitrogens with zero attached hydrogens (tertiary/aromatic N) is 2. The summed E-state index contributed by atoms with van der Waals surface area (Å²) in [6.45, 7) is 2.00. The van der Waals surface area contributed by atoms with E-state index in [0.717, 1.165) is 16.5 Å². The second-order valence-electron chi connectivity index (χ2n) is 2.92. The minimum atomic E-state index is 0.506. The van der Waals surface area contributed by atoms with Crippen LogP contribution in [0.4, 0.5) is 5.82 Å². The lowest BCUT2D eigenvalue weighted by atomic mass is 10.2. The van der Waals surface area contributed by atoms with Crippen molar-refractivity contribution in [2.75, 3.05) is 5.73 Å². The Labute approximate surface area is 84.1 Å². The van der Waals surface area contributed by atoms with Crippen molar-refractivity contribution in [3.05, 3.63) is 28.5 Å². The minimum absolute atomic E-state index is 0.506. The lowest BCUT2D eigenvalue weighted by Crippen LogP contribution is -1.92. The second-order valence-corrected chi connectivity index (χ2v) is 3.67. The summed E-state index contributed by atoms with van der Waals surface area (Å²) in [6, 6.07) is 3.85. The van der Waals surface area contributed by atoms with E-state index in [1.165, 1.54) is 0 Å². The standard InChI is InChI=1S/C9H8BrN3/c1-5-2-6-3-7(11)13-9(10)8(6)12-4-5/h2-4H,1H3,(H2,11,13). The Morgan fingerprint density at radius 3 is 2.92 bits per heavy atom. The van der Waals surface area contributed by atoms with Crippen LogP contribution in [0.1, 0.15) is 5.56 Å². The van der Waals surface area contributed by atoms with Crippen LogP contribution in [0.15, 0.2) is 22.9 Å². The highest BCUT2D eigenvalue weighted by atomic mass is 79.9. The fourth-order valence-corrected chi connectivity index (χ4v) is 1.77. The topological polar surface area (TPSA) is 51.8 Å². The Bertz CT molecular complexity index is 462. The third-order valence-electron chi connectivity index (χ3n) is 1.78. The first-order chi connectivity index (χ1) is 6.16. The van der Waals surface area contributed by atoms with E-state index in [-0.39, 0.29) is 0 Å². The molecule has 0 bridgehead atoms. The molecule has 13 heavy (non-hydrogen) atoms. The molecule has 0 spiro atoms. The van der Waals surface area contributed by atoms with Crippen molar-refractivity contribution in [1.82, 2.24) is 9.97 Å². The summed E-state index contributed by atoms with van der Waals surface area (Å²) in [7, 11) is 0. The van der Waals surface area contributed by atoms with Gasteiger partial charge in [-0.15, -0.1) is 0 Å². The van der Waals surface area contributed by atoms with Crippen LogP contribution in [-0.2, 0) is 0 Å². The molecule has 2 rings (SSSR count). The van der Waals surface area contributed by atoms with Gasteiger partial charge in [-0.05, 0) is 40.5 Å². The molecule has 0 saturated heterocycles. The van der Waals surface area contributed by atoms with E-state index in [4.69, 9.17) is 5.73 Å². The summed E-state index contributed by atoms with van der Waals surface area (Å²) in [5.74, 6) is 0.506. The SMILES string of the molecule is Cc1cnc2c(Br)nc(N)cc2c1. The number of nitrogens with two attached hydrogens (primary N) is 1. The molecule has 0 aliphatic heterocycles. The molecular formula is C9H8BrN3. The number of aromatic nitrogens is 2. The molecule has 0 amide bonds. The third-order valence-corrected chi connectivity index (χ3v) is 2.33. The maximum Gasteiger partial charge on any atom is 0.134 e. The fraction of sp³-hybridized carbons (Fsp3) is 0.111. The van der Waals surface area contributed by atoms with E-state index < -0.39 is 0 Å². The summed E-state index contributed by atoms with van der Waals surface area (Å²) < 4.78 is 0.697. The monoisotopic (exact) mass is 237 g/mol. The van der Waals surface area contributed by atoms with Crippen LogP contribution in [-0.4, -0.2) is 9.97 Å². The van der Waals surface area contributed by atoms with Crippen LogP contribution in [0.25, 0.3) is 10.9 Å². The molecule has 0 aliphatic carbocycles. The van der Waals surface area contributed by atoms with Gasteiger partial charge in [0, 0.05) is 11.6 Å². The van der Waals surface area contributed by atoms with Gasteiger partial charge in [-0.25, -0.2) is 4.98 Å². The van der Waals surface area contributed by atoms with Gasteiger partial charge in [0.05, 0.1) is 0 Å². The van der Waals surface area contributed by atoms with Gasteiger partial charge in [-0.3, -0.25) is 4.98 Å². The average Bonchev–Trinajstić information content (AvgIpc) is 2.02. The number of aryl methyl sites for hydroxylation is 1. The molecule has 4 heteroatoms.